The zero-order valence-electron chi connectivity index (χ0n) is 6.43. The number of hydrogen-bond donors (Lipinski definition) is 1. The van der Waals surface area contributed by atoms with Crippen molar-refractivity contribution in [3.63, 3.8) is 0 Å². The van der Waals surface area contributed by atoms with E-state index in [9.17, 15) is 4.79 Å². The Morgan fingerprint density at radius 1 is 1.55 bits per heavy atom. The molecule has 0 spiro atoms. The molecule has 0 aliphatic rings. The van der Waals surface area contributed by atoms with Crippen LogP contribution in [0.5, 0.6) is 0 Å². The van der Waals surface area contributed by atoms with Gasteiger partial charge in [-0.25, -0.2) is 0 Å². The molecule has 11 heavy (non-hydrogen) atoms. The van der Waals surface area contributed by atoms with Crippen molar-refractivity contribution in [2.24, 2.45) is 0 Å². The second-order valence-corrected chi connectivity index (χ2v) is 2.39. The lowest BCUT2D eigenvalue weighted by Crippen LogP contribution is -1.81. The summed E-state index contributed by atoms with van der Waals surface area (Å²) in [6.07, 6.45) is 0.725. The number of H-pyrrole nitrogens is 1. The van der Waals surface area contributed by atoms with Crippen LogP contribution in [0.25, 0.3) is 0 Å². The summed E-state index contributed by atoms with van der Waals surface area (Å²) in [7, 11) is 0. The number of aryl methyl sites for hydroxylation is 1. The lowest BCUT2D eigenvalue weighted by molar-refractivity contribution is 0.111. The Morgan fingerprint density at radius 3 is 2.45 bits per heavy atom. The van der Waals surface area contributed by atoms with E-state index in [2.05, 4.69) is 4.98 Å². The molecule has 0 aromatic carbocycles. The van der Waals surface area contributed by atoms with E-state index >= 15 is 0 Å². The zero-order chi connectivity index (χ0) is 8.43. The average molecular weight is 148 g/mol. The highest BCUT2D eigenvalue weighted by atomic mass is 16.1. The van der Waals surface area contributed by atoms with Crippen LogP contribution >= 0.6 is 0 Å². The second kappa shape index (κ2) is 2.59. The number of nitrogens with one attached hydrogen (secondary N) is 1. The molecule has 0 saturated heterocycles. The predicted octanol–water partition coefficient (Wildman–Crippen LogP) is 1.32. The number of nitriles is 1. The number of hydrogen-bond acceptors (Lipinski definition) is 2. The molecule has 0 aliphatic carbocycles. The number of aldehydes is 1. The van der Waals surface area contributed by atoms with Gasteiger partial charge in [0.2, 0.25) is 0 Å². The van der Waals surface area contributed by atoms with Crippen molar-refractivity contribution in [2.45, 2.75) is 13.8 Å². The van der Waals surface area contributed by atoms with E-state index in [1.54, 1.807) is 13.8 Å². The van der Waals surface area contributed by atoms with E-state index in [0.717, 1.165) is 17.5 Å². The van der Waals surface area contributed by atoms with Gasteiger partial charge in [-0.3, -0.25) is 4.79 Å². The molecule has 1 heterocycles. The fourth-order valence-electron chi connectivity index (χ4n) is 1.06. The van der Waals surface area contributed by atoms with Crippen LogP contribution in [0.2, 0.25) is 0 Å². The molecular weight excluding hydrogens is 140 g/mol. The molecule has 0 radical (unpaired) electrons. The number of carbonyl (C=O) groups is 1. The summed E-state index contributed by atoms with van der Waals surface area (Å²) in [5.41, 5.74) is 2.57. The number of aromatic nitrogens is 1. The minimum absolute atomic E-state index is 0.499. The molecule has 0 atom stereocenters. The van der Waals surface area contributed by atoms with Gasteiger partial charge >= 0.3 is 0 Å². The highest BCUT2D eigenvalue weighted by Crippen LogP contribution is 2.14. The van der Waals surface area contributed by atoms with Gasteiger partial charge in [-0.1, -0.05) is 0 Å². The number of rotatable bonds is 1. The molecule has 0 fully saturated rings. The van der Waals surface area contributed by atoms with Crippen molar-refractivity contribution < 1.29 is 4.79 Å². The Kier molecular flexibility index (Phi) is 1.77. The normalized spacial score (nSPS) is 9.18. The molecule has 0 bridgehead atoms. The van der Waals surface area contributed by atoms with E-state index in [1.165, 1.54) is 0 Å². The third-order valence-electron chi connectivity index (χ3n) is 1.71. The van der Waals surface area contributed by atoms with Crippen LogP contribution in [0.15, 0.2) is 0 Å². The summed E-state index contributed by atoms with van der Waals surface area (Å²) in [5.74, 6) is 0. The molecule has 3 nitrogen and oxygen atoms in total. The Morgan fingerprint density at radius 2 is 2.18 bits per heavy atom. The van der Waals surface area contributed by atoms with E-state index in [0.29, 0.717) is 11.3 Å². The average Bonchev–Trinajstić information content (AvgIpc) is 2.26. The Labute approximate surface area is 64.7 Å². The summed E-state index contributed by atoms with van der Waals surface area (Å²) in [6.45, 7) is 3.53. The van der Waals surface area contributed by atoms with Crippen LogP contribution in [-0.2, 0) is 0 Å². The molecule has 3 heteroatoms. The van der Waals surface area contributed by atoms with Crippen molar-refractivity contribution in [3.05, 3.63) is 22.5 Å². The van der Waals surface area contributed by atoms with Gasteiger partial charge in [0.15, 0.2) is 6.29 Å². The SMILES string of the molecule is Cc1[nH]c(C=O)c(C)c1C#N. The van der Waals surface area contributed by atoms with Crippen LogP contribution in [0.1, 0.15) is 27.3 Å². The van der Waals surface area contributed by atoms with E-state index < -0.39 is 0 Å². The first-order chi connectivity index (χ1) is 5.20. The molecule has 1 aromatic rings. The summed E-state index contributed by atoms with van der Waals surface area (Å²) in [6, 6.07) is 2.03. The van der Waals surface area contributed by atoms with Crippen molar-refractivity contribution in [1.29, 1.82) is 5.26 Å². The highest BCUT2D eigenvalue weighted by molar-refractivity contribution is 5.76. The van der Waals surface area contributed by atoms with E-state index in [-0.39, 0.29) is 0 Å². The van der Waals surface area contributed by atoms with Crippen molar-refractivity contribution >= 4 is 6.29 Å². The monoisotopic (exact) mass is 148 g/mol. The van der Waals surface area contributed by atoms with E-state index in [4.69, 9.17) is 5.26 Å². The molecular formula is C8H8N2O. The summed E-state index contributed by atoms with van der Waals surface area (Å²) >= 11 is 0. The van der Waals surface area contributed by atoms with Crippen LogP contribution in [0, 0.1) is 25.2 Å². The summed E-state index contributed by atoms with van der Waals surface area (Å²) < 4.78 is 0. The minimum Gasteiger partial charge on any atom is -0.355 e. The van der Waals surface area contributed by atoms with Gasteiger partial charge in [-0.15, -0.1) is 0 Å². The van der Waals surface area contributed by atoms with Crippen molar-refractivity contribution in [2.75, 3.05) is 0 Å². The number of carbonyl (C=O) groups excluding carboxylic acids is 1. The Balaban J connectivity index is 3.39. The van der Waals surface area contributed by atoms with Gasteiger partial charge in [0.05, 0.1) is 11.3 Å². The smallest absolute Gasteiger partial charge is 0.166 e. The minimum atomic E-state index is 0.499. The maximum absolute atomic E-state index is 10.4. The van der Waals surface area contributed by atoms with Gasteiger partial charge < -0.3 is 4.98 Å². The second-order valence-electron chi connectivity index (χ2n) is 2.39. The highest BCUT2D eigenvalue weighted by Gasteiger charge is 2.08. The van der Waals surface area contributed by atoms with Gasteiger partial charge in [0.1, 0.15) is 6.07 Å². The van der Waals surface area contributed by atoms with Crippen LogP contribution in [0.3, 0.4) is 0 Å². The van der Waals surface area contributed by atoms with Gasteiger partial charge in [-0.2, -0.15) is 5.26 Å². The lowest BCUT2D eigenvalue weighted by Gasteiger charge is -1.84. The summed E-state index contributed by atoms with van der Waals surface area (Å²) in [5, 5.41) is 8.62. The van der Waals surface area contributed by atoms with Crippen molar-refractivity contribution in [1.82, 2.24) is 4.98 Å². The van der Waals surface area contributed by atoms with Gasteiger partial charge in [0.25, 0.3) is 0 Å². The predicted molar refractivity (Wildman–Crippen MR) is 40.4 cm³/mol. The maximum atomic E-state index is 10.4. The van der Waals surface area contributed by atoms with Crippen LogP contribution in [0.4, 0.5) is 0 Å². The maximum Gasteiger partial charge on any atom is 0.166 e. The fourth-order valence-corrected chi connectivity index (χ4v) is 1.06. The number of aromatic amines is 1. The quantitative estimate of drug-likeness (QED) is 0.610. The van der Waals surface area contributed by atoms with Gasteiger partial charge in [0, 0.05) is 5.69 Å². The molecule has 1 rings (SSSR count). The van der Waals surface area contributed by atoms with Crippen molar-refractivity contribution in [3.8, 4) is 6.07 Å². The standard InChI is InChI=1S/C8H8N2O/c1-5-7(3-9)6(2)10-8(5)4-11/h4,10H,1-2H3. The molecule has 0 aliphatic heterocycles. The molecule has 56 valence electrons. The summed E-state index contributed by atoms with van der Waals surface area (Å²) in [4.78, 5) is 13.2. The first kappa shape index (κ1) is 7.55. The first-order valence-corrected chi connectivity index (χ1v) is 3.25. The van der Waals surface area contributed by atoms with Crippen LogP contribution in [-0.4, -0.2) is 11.3 Å². The number of nitrogens with zero attached hydrogens (tertiary/aromatic N) is 1. The van der Waals surface area contributed by atoms with Gasteiger partial charge in [-0.05, 0) is 19.4 Å². The van der Waals surface area contributed by atoms with E-state index in [1.807, 2.05) is 6.07 Å². The molecule has 0 saturated carbocycles. The Bertz CT molecular complexity index is 331. The molecule has 1 N–H and O–H groups in total. The topological polar surface area (TPSA) is 56.6 Å². The largest absolute Gasteiger partial charge is 0.355 e. The first-order valence-electron chi connectivity index (χ1n) is 3.25. The van der Waals surface area contributed by atoms with Crippen LogP contribution < -0.4 is 0 Å². The molecule has 0 amide bonds. The molecule has 0 unspecified atom stereocenters. The third kappa shape index (κ3) is 1.03. The Hall–Kier alpha value is -1.56. The molecule has 1 aromatic heterocycles. The zero-order valence-corrected chi connectivity index (χ0v) is 6.43. The fraction of sp³-hybridized carbons (Fsp3) is 0.250. The third-order valence-corrected chi connectivity index (χ3v) is 1.71. The lowest BCUT2D eigenvalue weighted by atomic mass is 10.1.